The molecule has 4 N–H and O–H groups in total. The molecule has 10 nitrogen and oxygen atoms in total. The van der Waals surface area contributed by atoms with Gasteiger partial charge in [0, 0.05) is 17.3 Å². The Balaban J connectivity index is 0.00000164. The number of methoxy groups -OCH3 is 1. The van der Waals surface area contributed by atoms with Crippen molar-refractivity contribution in [3.05, 3.63) is 57.4 Å². The van der Waals surface area contributed by atoms with Crippen molar-refractivity contribution in [3.63, 3.8) is 0 Å². The van der Waals surface area contributed by atoms with Crippen LogP contribution in [0.15, 0.2) is 46.8 Å². The summed E-state index contributed by atoms with van der Waals surface area (Å²) in [4.78, 5) is 25.5. The van der Waals surface area contributed by atoms with Gasteiger partial charge < -0.3 is 25.3 Å². The number of nitrogens with one attached hydrogen (secondary N) is 1. The smallest absolute Gasteiger partial charge is 0.336 e. The van der Waals surface area contributed by atoms with E-state index in [9.17, 15) is 18.0 Å². The van der Waals surface area contributed by atoms with Gasteiger partial charge in [0.25, 0.3) is 10.1 Å². The molecule has 1 unspecified atom stereocenters. The molecule has 0 radical (unpaired) electrons. The molecule has 1 heterocycles. The van der Waals surface area contributed by atoms with E-state index in [1.54, 1.807) is 38.1 Å². The zero-order chi connectivity index (χ0) is 25.2. The normalized spacial score (nSPS) is 15.4. The van der Waals surface area contributed by atoms with Crippen LogP contribution in [0.1, 0.15) is 25.3 Å². The number of carbonyl (C=O) groups is 2. The predicted molar refractivity (Wildman–Crippen MR) is 138 cm³/mol. The van der Waals surface area contributed by atoms with Gasteiger partial charge in [0.05, 0.1) is 55.9 Å². The van der Waals surface area contributed by atoms with Crippen molar-refractivity contribution in [2.24, 2.45) is 5.73 Å². The molecule has 0 bridgehead atoms. The molecule has 1 aliphatic heterocycles. The molecular weight excluding hydrogens is 603 g/mol. The number of dihydropyridines is 1. The number of nitrogens with two attached hydrogens (primary N) is 1. The number of hydrogen-bond donors (Lipinski definition) is 3. The first kappa shape index (κ1) is 32.3. The molecule has 0 fully saturated rings. The van der Waals surface area contributed by atoms with E-state index in [4.69, 9.17) is 36.1 Å². The molecule has 0 spiro atoms. The summed E-state index contributed by atoms with van der Waals surface area (Å²) in [6.45, 7) is 4.42. The third kappa shape index (κ3) is 9.88. The molecule has 0 saturated heterocycles. The van der Waals surface area contributed by atoms with Crippen molar-refractivity contribution in [2.45, 2.75) is 19.8 Å². The van der Waals surface area contributed by atoms with Gasteiger partial charge in [0.1, 0.15) is 0 Å². The third-order valence-electron chi connectivity index (χ3n) is 4.27. The lowest BCUT2D eigenvalue weighted by Crippen LogP contribution is -2.35. The lowest BCUT2D eigenvalue weighted by atomic mass is 9.80. The van der Waals surface area contributed by atoms with Crippen LogP contribution in [0.25, 0.3) is 0 Å². The van der Waals surface area contributed by atoms with Gasteiger partial charge in [-0.1, -0.05) is 29.8 Å². The molecule has 0 amide bonds. The second-order valence-corrected chi connectivity index (χ2v) is 8.67. The van der Waals surface area contributed by atoms with E-state index in [2.05, 4.69) is 5.32 Å². The SMILES string of the molecule is CCOC(=O)C1=C(COCCN)NC(C)=C(C(=O)OC)C1c1ccccc1Cl.CS(=O)(=O)O.I. The summed E-state index contributed by atoms with van der Waals surface area (Å²) < 4.78 is 41.7. The molecule has 192 valence electrons. The van der Waals surface area contributed by atoms with Crippen LogP contribution < -0.4 is 11.1 Å². The van der Waals surface area contributed by atoms with E-state index in [1.807, 2.05) is 0 Å². The van der Waals surface area contributed by atoms with Crippen molar-refractivity contribution in [2.75, 3.05) is 39.7 Å². The highest BCUT2D eigenvalue weighted by Gasteiger charge is 2.39. The lowest BCUT2D eigenvalue weighted by molar-refractivity contribution is -0.139. The third-order valence-corrected chi connectivity index (χ3v) is 4.61. The Kier molecular flexibility index (Phi) is 14.5. The molecule has 1 atom stereocenters. The molecule has 0 aliphatic carbocycles. The Morgan fingerprint density at radius 2 is 1.79 bits per heavy atom. The first-order valence-corrected chi connectivity index (χ1v) is 12.1. The zero-order valence-electron chi connectivity index (χ0n) is 19.3. The standard InChI is InChI=1S/C20H25ClN2O5.CH4O3S.HI/c1-4-28-20(25)18-15(11-27-10-9-22)23-12(2)16(19(24)26-3)17(18)13-7-5-6-8-14(13)21;1-5(2,3)4;/h5-8,17,23H,4,9-11,22H2,1-3H3;1H3,(H,2,3,4);1H. The number of carbonyl (C=O) groups excluding carboxylic acids is 2. The topological polar surface area (TPSA) is 154 Å². The molecular formula is C21H30ClIN2O8S. The summed E-state index contributed by atoms with van der Waals surface area (Å²) in [6.07, 6.45) is 0.715. The van der Waals surface area contributed by atoms with Gasteiger partial charge in [-0.3, -0.25) is 4.55 Å². The van der Waals surface area contributed by atoms with Gasteiger partial charge in [0.2, 0.25) is 0 Å². The highest BCUT2D eigenvalue weighted by atomic mass is 127. The number of benzene rings is 1. The fourth-order valence-corrected chi connectivity index (χ4v) is 3.36. The zero-order valence-corrected chi connectivity index (χ0v) is 23.2. The Morgan fingerprint density at radius 3 is 2.29 bits per heavy atom. The maximum atomic E-state index is 12.9. The van der Waals surface area contributed by atoms with Gasteiger partial charge in [-0.15, -0.1) is 24.0 Å². The first-order valence-electron chi connectivity index (χ1n) is 9.87. The van der Waals surface area contributed by atoms with E-state index < -0.39 is 28.0 Å². The molecule has 0 saturated carbocycles. The number of hydrogen-bond acceptors (Lipinski definition) is 9. The number of rotatable bonds is 8. The number of halogens is 2. The van der Waals surface area contributed by atoms with Gasteiger partial charge >= 0.3 is 11.9 Å². The molecule has 34 heavy (non-hydrogen) atoms. The van der Waals surface area contributed by atoms with Crippen LogP contribution in [0.2, 0.25) is 5.02 Å². The molecule has 1 aliphatic rings. The van der Waals surface area contributed by atoms with E-state index in [1.165, 1.54) is 7.11 Å². The largest absolute Gasteiger partial charge is 0.466 e. The highest BCUT2D eigenvalue weighted by molar-refractivity contribution is 14.0. The maximum Gasteiger partial charge on any atom is 0.336 e. The molecule has 1 aromatic rings. The highest BCUT2D eigenvalue weighted by Crippen LogP contribution is 2.41. The van der Waals surface area contributed by atoms with E-state index in [0.717, 1.165) is 0 Å². The van der Waals surface area contributed by atoms with E-state index in [0.29, 0.717) is 47.0 Å². The van der Waals surface area contributed by atoms with Crippen molar-refractivity contribution < 1.29 is 36.8 Å². The number of esters is 2. The van der Waals surface area contributed by atoms with Crippen molar-refractivity contribution in [1.29, 1.82) is 0 Å². The Bertz CT molecular complexity index is 1020. The summed E-state index contributed by atoms with van der Waals surface area (Å²) in [5.74, 6) is -1.86. The lowest BCUT2D eigenvalue weighted by Gasteiger charge is -2.31. The first-order chi connectivity index (χ1) is 15.5. The summed E-state index contributed by atoms with van der Waals surface area (Å²) >= 11 is 6.42. The van der Waals surface area contributed by atoms with Crippen LogP contribution in [0.5, 0.6) is 0 Å². The Labute approximate surface area is 221 Å². The van der Waals surface area contributed by atoms with Crippen LogP contribution in [-0.4, -0.2) is 64.6 Å². The summed E-state index contributed by atoms with van der Waals surface area (Å²) in [6, 6.07) is 7.05. The minimum Gasteiger partial charge on any atom is -0.466 e. The fraction of sp³-hybridized carbons (Fsp3) is 0.429. The van der Waals surface area contributed by atoms with Crippen LogP contribution in [0, 0.1) is 0 Å². The Morgan fingerprint density at radius 1 is 1.21 bits per heavy atom. The maximum absolute atomic E-state index is 12.9. The minimum absolute atomic E-state index is 0. The molecule has 2 rings (SSSR count). The fourth-order valence-electron chi connectivity index (χ4n) is 3.12. The van der Waals surface area contributed by atoms with Gasteiger partial charge in [-0.2, -0.15) is 8.42 Å². The summed E-state index contributed by atoms with van der Waals surface area (Å²) in [5, 5.41) is 3.52. The number of allylic oxidation sites excluding steroid dienone is 1. The van der Waals surface area contributed by atoms with Crippen LogP contribution in [0.4, 0.5) is 0 Å². The predicted octanol–water partition coefficient (Wildman–Crippen LogP) is 2.39. The van der Waals surface area contributed by atoms with Crippen molar-refractivity contribution in [1.82, 2.24) is 5.32 Å². The van der Waals surface area contributed by atoms with E-state index in [-0.39, 0.29) is 42.8 Å². The van der Waals surface area contributed by atoms with Crippen LogP contribution in [-0.2, 0) is 33.9 Å². The average molecular weight is 633 g/mol. The second kappa shape index (κ2) is 15.3. The summed E-state index contributed by atoms with van der Waals surface area (Å²) in [5.41, 5.74) is 7.70. The quantitative estimate of drug-likeness (QED) is 0.168. The van der Waals surface area contributed by atoms with Crippen molar-refractivity contribution in [3.8, 4) is 0 Å². The van der Waals surface area contributed by atoms with Gasteiger partial charge in [-0.05, 0) is 25.5 Å². The minimum atomic E-state index is -3.67. The Hall–Kier alpha value is -1.71. The average Bonchev–Trinajstić information content (AvgIpc) is 2.72. The van der Waals surface area contributed by atoms with Crippen LogP contribution >= 0.6 is 35.6 Å². The van der Waals surface area contributed by atoms with Crippen LogP contribution in [0.3, 0.4) is 0 Å². The number of ether oxygens (including phenoxy) is 3. The second-order valence-electron chi connectivity index (χ2n) is 6.80. The van der Waals surface area contributed by atoms with E-state index >= 15 is 0 Å². The molecule has 13 heteroatoms. The molecule has 0 aromatic heterocycles. The monoisotopic (exact) mass is 632 g/mol. The van der Waals surface area contributed by atoms with Gasteiger partial charge in [-0.25, -0.2) is 9.59 Å². The van der Waals surface area contributed by atoms with Gasteiger partial charge in [0.15, 0.2) is 0 Å². The molecule has 1 aromatic carbocycles. The summed E-state index contributed by atoms with van der Waals surface area (Å²) in [7, 11) is -2.38. The van der Waals surface area contributed by atoms with Crippen molar-refractivity contribution >= 4 is 57.6 Å².